The first kappa shape index (κ1) is 15.3. The van der Waals surface area contributed by atoms with Gasteiger partial charge in [0.1, 0.15) is 5.01 Å². The Hall–Kier alpha value is -0.0600. The molecule has 1 fully saturated rings. The third-order valence-electron chi connectivity index (χ3n) is 3.51. The number of hydrogen-bond acceptors (Lipinski definition) is 4. The molecule has 2 unspecified atom stereocenters. The van der Waals surface area contributed by atoms with E-state index in [0.717, 1.165) is 5.92 Å². The van der Waals surface area contributed by atoms with Crippen molar-refractivity contribution in [3.05, 3.63) is 16.1 Å². The first-order valence-corrected chi connectivity index (χ1v) is 9.21. The Balaban J connectivity index is 2.19. The van der Waals surface area contributed by atoms with Crippen molar-refractivity contribution in [2.45, 2.75) is 58.5 Å². The summed E-state index contributed by atoms with van der Waals surface area (Å²) in [6, 6.07) is 0.952. The van der Waals surface area contributed by atoms with Gasteiger partial charge in [-0.2, -0.15) is 11.8 Å². The van der Waals surface area contributed by atoms with Gasteiger partial charge in [-0.25, -0.2) is 4.98 Å². The molecule has 2 atom stereocenters. The third-order valence-corrected chi connectivity index (χ3v) is 5.62. The number of nitrogens with one attached hydrogen (secondary N) is 1. The first-order valence-electron chi connectivity index (χ1n) is 7.17. The van der Waals surface area contributed by atoms with E-state index in [0.29, 0.717) is 12.1 Å². The van der Waals surface area contributed by atoms with E-state index in [1.165, 1.54) is 28.6 Å². The van der Waals surface area contributed by atoms with Crippen molar-refractivity contribution in [3.8, 4) is 0 Å². The summed E-state index contributed by atoms with van der Waals surface area (Å²) in [4.78, 5) is 4.93. The molecule has 2 heterocycles. The van der Waals surface area contributed by atoms with Gasteiger partial charge in [-0.05, 0) is 23.8 Å². The zero-order valence-electron chi connectivity index (χ0n) is 12.7. The van der Waals surface area contributed by atoms with Crippen LogP contribution in [-0.2, 0) is 5.41 Å². The van der Waals surface area contributed by atoms with Crippen LogP contribution < -0.4 is 5.32 Å². The predicted octanol–water partition coefficient (Wildman–Crippen LogP) is 4.23. The van der Waals surface area contributed by atoms with E-state index in [1.807, 2.05) is 11.3 Å². The van der Waals surface area contributed by atoms with E-state index in [-0.39, 0.29) is 5.41 Å². The molecule has 0 saturated carbocycles. The summed E-state index contributed by atoms with van der Waals surface area (Å²) in [7, 11) is 0. The van der Waals surface area contributed by atoms with Gasteiger partial charge in [-0.1, -0.05) is 34.6 Å². The Morgan fingerprint density at radius 1 is 1.37 bits per heavy atom. The van der Waals surface area contributed by atoms with Gasteiger partial charge in [0.05, 0.1) is 11.7 Å². The molecule has 1 saturated heterocycles. The summed E-state index contributed by atoms with van der Waals surface area (Å²) in [5, 5.41) is 7.26. The summed E-state index contributed by atoms with van der Waals surface area (Å²) in [6.45, 7) is 11.2. The molecule has 0 bridgehead atoms. The fraction of sp³-hybridized carbons (Fsp3) is 0.800. The van der Waals surface area contributed by atoms with Crippen molar-refractivity contribution < 1.29 is 0 Å². The Morgan fingerprint density at radius 2 is 2.11 bits per heavy atom. The molecule has 0 spiro atoms. The highest BCUT2D eigenvalue weighted by atomic mass is 32.2. The van der Waals surface area contributed by atoms with E-state index in [2.05, 4.69) is 57.1 Å². The van der Waals surface area contributed by atoms with Crippen molar-refractivity contribution in [1.82, 2.24) is 10.3 Å². The second kappa shape index (κ2) is 6.15. The molecule has 2 rings (SSSR count). The molecule has 4 heteroatoms. The van der Waals surface area contributed by atoms with Crippen LogP contribution in [0.2, 0.25) is 0 Å². The number of hydrogen-bond donors (Lipinski definition) is 1. The lowest BCUT2D eigenvalue weighted by atomic mass is 9.93. The fourth-order valence-corrected chi connectivity index (χ4v) is 4.85. The second-order valence-corrected chi connectivity index (χ2v) is 8.78. The van der Waals surface area contributed by atoms with Gasteiger partial charge in [-0.15, -0.1) is 11.3 Å². The number of aromatic nitrogens is 1. The first-order chi connectivity index (χ1) is 8.88. The smallest absolute Gasteiger partial charge is 0.110 e. The van der Waals surface area contributed by atoms with Crippen molar-refractivity contribution in [2.24, 2.45) is 5.92 Å². The Labute approximate surface area is 125 Å². The van der Waals surface area contributed by atoms with Crippen LogP contribution in [0.5, 0.6) is 0 Å². The standard InChI is InChI=1S/C15H26N2S2/c1-10(2)16-13(11-6-7-18-8-11)14-17-12(9-19-14)15(3,4)5/h9-11,13,16H,6-8H2,1-5H3. The van der Waals surface area contributed by atoms with Crippen LogP contribution in [0, 0.1) is 5.92 Å². The molecule has 1 N–H and O–H groups in total. The predicted molar refractivity (Wildman–Crippen MR) is 87.3 cm³/mol. The van der Waals surface area contributed by atoms with Gasteiger partial charge in [0, 0.05) is 16.8 Å². The van der Waals surface area contributed by atoms with Crippen molar-refractivity contribution >= 4 is 23.1 Å². The van der Waals surface area contributed by atoms with Crippen LogP contribution >= 0.6 is 23.1 Å². The van der Waals surface area contributed by atoms with E-state index in [1.54, 1.807) is 0 Å². The summed E-state index contributed by atoms with van der Waals surface area (Å²) in [5.74, 6) is 3.32. The summed E-state index contributed by atoms with van der Waals surface area (Å²) in [6.07, 6.45) is 1.32. The normalized spacial score (nSPS) is 22.1. The Bertz CT molecular complexity index is 401. The average molecular weight is 299 g/mol. The molecule has 1 aromatic rings. The molecular weight excluding hydrogens is 272 g/mol. The molecule has 0 aromatic carbocycles. The van der Waals surface area contributed by atoms with Crippen molar-refractivity contribution in [3.63, 3.8) is 0 Å². The van der Waals surface area contributed by atoms with E-state index >= 15 is 0 Å². The van der Waals surface area contributed by atoms with Gasteiger partial charge in [0.25, 0.3) is 0 Å². The summed E-state index contributed by atoms with van der Waals surface area (Å²) < 4.78 is 0. The van der Waals surface area contributed by atoms with E-state index in [9.17, 15) is 0 Å². The molecule has 2 nitrogen and oxygen atoms in total. The van der Waals surface area contributed by atoms with Gasteiger partial charge in [0.2, 0.25) is 0 Å². The van der Waals surface area contributed by atoms with Crippen LogP contribution in [0.15, 0.2) is 5.38 Å². The maximum absolute atomic E-state index is 4.93. The minimum Gasteiger partial charge on any atom is -0.305 e. The summed E-state index contributed by atoms with van der Waals surface area (Å²) in [5.41, 5.74) is 1.38. The summed E-state index contributed by atoms with van der Waals surface area (Å²) >= 11 is 3.91. The average Bonchev–Trinajstić information content (AvgIpc) is 2.96. The maximum Gasteiger partial charge on any atom is 0.110 e. The van der Waals surface area contributed by atoms with Crippen LogP contribution in [0.4, 0.5) is 0 Å². The Kier molecular flexibility index (Phi) is 4.96. The van der Waals surface area contributed by atoms with Crippen molar-refractivity contribution in [1.29, 1.82) is 0 Å². The lowest BCUT2D eigenvalue weighted by Crippen LogP contribution is -2.33. The van der Waals surface area contributed by atoms with Crippen LogP contribution in [0.1, 0.15) is 57.8 Å². The topological polar surface area (TPSA) is 24.9 Å². The quantitative estimate of drug-likeness (QED) is 0.900. The SMILES string of the molecule is CC(C)NC(c1nc(C(C)(C)C)cs1)C1CCSC1. The number of thiazole rings is 1. The van der Waals surface area contributed by atoms with E-state index < -0.39 is 0 Å². The van der Waals surface area contributed by atoms with Crippen LogP contribution in [0.25, 0.3) is 0 Å². The molecule has 0 aliphatic carbocycles. The molecule has 1 aromatic heterocycles. The minimum atomic E-state index is 0.154. The zero-order valence-corrected chi connectivity index (χ0v) is 14.3. The third kappa shape index (κ3) is 3.96. The number of nitrogens with zero attached hydrogens (tertiary/aromatic N) is 1. The molecule has 19 heavy (non-hydrogen) atoms. The largest absolute Gasteiger partial charge is 0.305 e. The highest BCUT2D eigenvalue weighted by Crippen LogP contribution is 2.37. The molecule has 0 radical (unpaired) electrons. The minimum absolute atomic E-state index is 0.154. The lowest BCUT2D eigenvalue weighted by molar-refractivity contribution is 0.363. The van der Waals surface area contributed by atoms with Crippen LogP contribution in [-0.4, -0.2) is 22.5 Å². The molecular formula is C15H26N2S2. The molecule has 1 aliphatic rings. The van der Waals surface area contributed by atoms with Gasteiger partial charge >= 0.3 is 0 Å². The zero-order chi connectivity index (χ0) is 14.0. The highest BCUT2D eigenvalue weighted by Gasteiger charge is 2.30. The Morgan fingerprint density at radius 3 is 2.58 bits per heavy atom. The number of thioether (sulfide) groups is 1. The van der Waals surface area contributed by atoms with Gasteiger partial charge in [-0.3, -0.25) is 0 Å². The van der Waals surface area contributed by atoms with Crippen molar-refractivity contribution in [2.75, 3.05) is 11.5 Å². The highest BCUT2D eigenvalue weighted by molar-refractivity contribution is 7.99. The molecule has 1 aliphatic heterocycles. The van der Waals surface area contributed by atoms with E-state index in [4.69, 9.17) is 4.98 Å². The fourth-order valence-electron chi connectivity index (χ4n) is 2.36. The monoisotopic (exact) mass is 298 g/mol. The number of rotatable bonds is 4. The lowest BCUT2D eigenvalue weighted by Gasteiger charge is -2.25. The second-order valence-electron chi connectivity index (χ2n) is 6.74. The van der Waals surface area contributed by atoms with Gasteiger partial charge in [0.15, 0.2) is 0 Å². The van der Waals surface area contributed by atoms with Gasteiger partial charge < -0.3 is 5.32 Å². The molecule has 108 valence electrons. The maximum atomic E-state index is 4.93. The van der Waals surface area contributed by atoms with Crippen LogP contribution in [0.3, 0.4) is 0 Å². The molecule has 0 amide bonds.